The summed E-state index contributed by atoms with van der Waals surface area (Å²) in [5, 5.41) is 11.3. The fraction of sp³-hybridized carbons (Fsp3) is 0.167. The number of aromatic carboxylic acids is 1. The zero-order valence-electron chi connectivity index (χ0n) is 9.21. The lowest BCUT2D eigenvalue weighted by Crippen LogP contribution is -1.95. The van der Waals surface area contributed by atoms with E-state index in [0.29, 0.717) is 10.9 Å². The second kappa shape index (κ2) is 4.97. The Morgan fingerprint density at radius 3 is 2.65 bits per heavy atom. The second-order valence-electron chi connectivity index (χ2n) is 3.39. The monoisotopic (exact) mass is 249 g/mol. The molecule has 2 rings (SSSR count). The van der Waals surface area contributed by atoms with Crippen molar-refractivity contribution in [3.05, 3.63) is 40.9 Å². The third-order valence-corrected chi connectivity index (χ3v) is 2.97. The van der Waals surface area contributed by atoms with E-state index in [1.807, 2.05) is 12.3 Å². The molecular formula is C12H11NO3S. The van der Waals surface area contributed by atoms with E-state index < -0.39 is 5.97 Å². The van der Waals surface area contributed by atoms with E-state index in [4.69, 9.17) is 9.84 Å². The maximum absolute atomic E-state index is 10.7. The van der Waals surface area contributed by atoms with Gasteiger partial charge in [-0.05, 0) is 30.7 Å². The number of carboxylic acids is 1. The van der Waals surface area contributed by atoms with Crippen molar-refractivity contribution in [2.24, 2.45) is 0 Å². The smallest absolute Gasteiger partial charge is 0.335 e. The summed E-state index contributed by atoms with van der Waals surface area (Å²) in [6, 6.07) is 6.25. The van der Waals surface area contributed by atoms with Gasteiger partial charge in [0.25, 0.3) is 5.19 Å². The molecule has 0 saturated carbocycles. The van der Waals surface area contributed by atoms with Crippen LogP contribution in [0.1, 0.15) is 23.0 Å². The van der Waals surface area contributed by atoms with Gasteiger partial charge in [-0.2, -0.15) is 0 Å². The van der Waals surface area contributed by atoms with E-state index in [0.717, 1.165) is 12.1 Å². The average Bonchev–Trinajstić information content (AvgIpc) is 2.77. The maximum Gasteiger partial charge on any atom is 0.335 e. The van der Waals surface area contributed by atoms with Gasteiger partial charge < -0.3 is 9.84 Å². The molecule has 1 aromatic carbocycles. The first-order chi connectivity index (χ1) is 8.19. The predicted molar refractivity (Wildman–Crippen MR) is 65.0 cm³/mol. The summed E-state index contributed by atoms with van der Waals surface area (Å²) in [6.07, 6.45) is 0.873. The highest BCUT2D eigenvalue weighted by Gasteiger charge is 2.05. The van der Waals surface area contributed by atoms with Gasteiger partial charge in [0, 0.05) is 5.38 Å². The fourth-order valence-electron chi connectivity index (χ4n) is 1.26. The third kappa shape index (κ3) is 2.82. The molecule has 4 nitrogen and oxygen atoms in total. The van der Waals surface area contributed by atoms with Crippen LogP contribution in [0.2, 0.25) is 0 Å². The van der Waals surface area contributed by atoms with Crippen LogP contribution in [0, 0.1) is 0 Å². The van der Waals surface area contributed by atoms with E-state index in [1.165, 1.54) is 23.5 Å². The Kier molecular flexibility index (Phi) is 3.39. The average molecular weight is 249 g/mol. The Hall–Kier alpha value is -1.88. The lowest BCUT2D eigenvalue weighted by molar-refractivity contribution is 0.0697. The van der Waals surface area contributed by atoms with Gasteiger partial charge >= 0.3 is 5.97 Å². The number of carbonyl (C=O) groups is 1. The summed E-state index contributed by atoms with van der Waals surface area (Å²) in [7, 11) is 0. The Morgan fingerprint density at radius 2 is 2.12 bits per heavy atom. The molecule has 1 aromatic heterocycles. The molecule has 0 bridgehead atoms. The van der Waals surface area contributed by atoms with E-state index in [-0.39, 0.29) is 5.56 Å². The molecule has 1 heterocycles. The van der Waals surface area contributed by atoms with Crippen LogP contribution in [-0.2, 0) is 6.42 Å². The second-order valence-corrected chi connectivity index (χ2v) is 4.21. The van der Waals surface area contributed by atoms with E-state index in [9.17, 15) is 4.79 Å². The molecule has 0 saturated heterocycles. The lowest BCUT2D eigenvalue weighted by Gasteiger charge is -2.01. The topological polar surface area (TPSA) is 59.4 Å². The predicted octanol–water partition coefficient (Wildman–Crippen LogP) is 3.20. The molecule has 0 fully saturated rings. The highest BCUT2D eigenvalue weighted by molar-refractivity contribution is 7.11. The summed E-state index contributed by atoms with van der Waals surface area (Å²) in [5.74, 6) is -0.355. The number of aryl methyl sites for hydroxylation is 1. The minimum absolute atomic E-state index is 0.241. The third-order valence-electron chi connectivity index (χ3n) is 2.20. The molecule has 17 heavy (non-hydrogen) atoms. The lowest BCUT2D eigenvalue weighted by atomic mass is 10.2. The van der Waals surface area contributed by atoms with Gasteiger partial charge in [0.05, 0.1) is 11.3 Å². The SMILES string of the molecule is CCc1csc(Oc2ccc(C(=O)O)cc2)n1. The summed E-state index contributed by atoms with van der Waals surface area (Å²) < 4.78 is 5.51. The van der Waals surface area contributed by atoms with Gasteiger partial charge in [0.2, 0.25) is 0 Å². The summed E-state index contributed by atoms with van der Waals surface area (Å²) in [6.45, 7) is 2.03. The number of rotatable bonds is 4. The fourth-order valence-corrected chi connectivity index (χ4v) is 2.03. The van der Waals surface area contributed by atoms with Crippen LogP contribution < -0.4 is 4.74 Å². The van der Waals surface area contributed by atoms with Crippen molar-refractivity contribution < 1.29 is 14.6 Å². The standard InChI is InChI=1S/C12H11NO3S/c1-2-9-7-17-12(13-9)16-10-5-3-8(4-6-10)11(14)15/h3-7H,2H2,1H3,(H,14,15). The number of nitrogens with zero attached hydrogens (tertiary/aromatic N) is 1. The molecule has 0 aliphatic carbocycles. The van der Waals surface area contributed by atoms with Crippen molar-refractivity contribution in [2.45, 2.75) is 13.3 Å². The van der Waals surface area contributed by atoms with Crippen molar-refractivity contribution >= 4 is 17.3 Å². The number of carboxylic acid groups (broad SMARTS) is 1. The van der Waals surface area contributed by atoms with Gasteiger partial charge in [-0.3, -0.25) is 0 Å². The van der Waals surface area contributed by atoms with Crippen molar-refractivity contribution in [1.29, 1.82) is 0 Å². The van der Waals surface area contributed by atoms with Gasteiger partial charge in [0.1, 0.15) is 5.75 Å². The van der Waals surface area contributed by atoms with Crippen molar-refractivity contribution in [3.63, 3.8) is 0 Å². The van der Waals surface area contributed by atoms with Crippen LogP contribution in [-0.4, -0.2) is 16.1 Å². The van der Waals surface area contributed by atoms with Gasteiger partial charge in [-0.25, -0.2) is 9.78 Å². The first-order valence-corrected chi connectivity index (χ1v) is 6.02. The highest BCUT2D eigenvalue weighted by atomic mass is 32.1. The summed E-state index contributed by atoms with van der Waals surface area (Å²) in [4.78, 5) is 14.9. The van der Waals surface area contributed by atoms with Gasteiger partial charge in [-0.15, -0.1) is 0 Å². The Morgan fingerprint density at radius 1 is 1.41 bits per heavy atom. The number of thiazole rings is 1. The molecule has 0 spiro atoms. The van der Waals surface area contributed by atoms with Crippen molar-refractivity contribution in [2.75, 3.05) is 0 Å². The summed E-state index contributed by atoms with van der Waals surface area (Å²) in [5.41, 5.74) is 1.23. The van der Waals surface area contributed by atoms with E-state index in [1.54, 1.807) is 12.1 Å². The van der Waals surface area contributed by atoms with E-state index >= 15 is 0 Å². The van der Waals surface area contributed by atoms with Crippen LogP contribution in [0.3, 0.4) is 0 Å². The maximum atomic E-state index is 10.7. The van der Waals surface area contributed by atoms with Crippen LogP contribution >= 0.6 is 11.3 Å². The minimum Gasteiger partial charge on any atom is -0.478 e. The van der Waals surface area contributed by atoms with Crippen molar-refractivity contribution in [1.82, 2.24) is 4.98 Å². The van der Waals surface area contributed by atoms with Crippen LogP contribution in [0.5, 0.6) is 10.9 Å². The number of hydrogen-bond donors (Lipinski definition) is 1. The molecule has 1 N–H and O–H groups in total. The van der Waals surface area contributed by atoms with Crippen LogP contribution in [0.4, 0.5) is 0 Å². The number of benzene rings is 1. The number of aromatic nitrogens is 1. The quantitative estimate of drug-likeness (QED) is 0.904. The van der Waals surface area contributed by atoms with Gasteiger partial charge in [-0.1, -0.05) is 18.3 Å². The first kappa shape index (κ1) is 11.6. The molecule has 2 aromatic rings. The zero-order valence-corrected chi connectivity index (χ0v) is 10.0. The molecule has 0 aliphatic heterocycles. The Labute approximate surface area is 103 Å². The van der Waals surface area contributed by atoms with Crippen molar-refractivity contribution in [3.8, 4) is 10.9 Å². The van der Waals surface area contributed by atoms with E-state index in [2.05, 4.69) is 4.98 Å². The number of ether oxygens (including phenoxy) is 1. The highest BCUT2D eigenvalue weighted by Crippen LogP contribution is 2.25. The number of hydrogen-bond acceptors (Lipinski definition) is 4. The molecule has 88 valence electrons. The minimum atomic E-state index is -0.945. The molecule has 0 unspecified atom stereocenters. The molecule has 0 atom stereocenters. The largest absolute Gasteiger partial charge is 0.478 e. The van der Waals surface area contributed by atoms with Crippen LogP contribution in [0.15, 0.2) is 29.6 Å². The Bertz CT molecular complexity index is 519. The zero-order chi connectivity index (χ0) is 12.3. The summed E-state index contributed by atoms with van der Waals surface area (Å²) >= 11 is 1.43. The normalized spacial score (nSPS) is 10.2. The van der Waals surface area contributed by atoms with Gasteiger partial charge in [0.15, 0.2) is 0 Å². The molecular weight excluding hydrogens is 238 g/mol. The first-order valence-electron chi connectivity index (χ1n) is 5.14. The molecule has 0 amide bonds. The van der Waals surface area contributed by atoms with Crippen LogP contribution in [0.25, 0.3) is 0 Å². The molecule has 0 radical (unpaired) electrons. The Balaban J connectivity index is 2.10. The molecule has 0 aliphatic rings. The molecule has 5 heteroatoms.